The SMILES string of the molecule is CCOC(COC(C(F)(F)F)C(F)(F)F)OCC. The minimum absolute atomic E-state index is 0.0801. The molecule has 0 unspecified atom stereocenters. The fourth-order valence-electron chi connectivity index (χ4n) is 1.07. The first-order chi connectivity index (χ1) is 8.12. The van der Waals surface area contributed by atoms with E-state index in [0.29, 0.717) is 0 Å². The molecule has 0 rings (SSSR count). The Labute approximate surface area is 100.0 Å². The van der Waals surface area contributed by atoms with E-state index in [1.165, 1.54) is 13.8 Å². The topological polar surface area (TPSA) is 27.7 Å². The molecule has 0 saturated carbocycles. The molecule has 0 aliphatic carbocycles. The van der Waals surface area contributed by atoms with Crippen LogP contribution in [0.4, 0.5) is 26.3 Å². The van der Waals surface area contributed by atoms with E-state index in [2.05, 4.69) is 4.74 Å². The van der Waals surface area contributed by atoms with Crippen LogP contribution in [0.2, 0.25) is 0 Å². The number of rotatable bonds is 7. The van der Waals surface area contributed by atoms with Crippen molar-refractivity contribution in [1.82, 2.24) is 0 Å². The highest BCUT2D eigenvalue weighted by Gasteiger charge is 2.58. The summed E-state index contributed by atoms with van der Waals surface area (Å²) < 4.78 is 86.1. The molecule has 0 aromatic heterocycles. The zero-order valence-electron chi connectivity index (χ0n) is 9.77. The van der Waals surface area contributed by atoms with E-state index < -0.39 is 31.4 Å². The second kappa shape index (κ2) is 7.15. The summed E-state index contributed by atoms with van der Waals surface area (Å²) in [5.74, 6) is 0. The van der Waals surface area contributed by atoms with E-state index in [9.17, 15) is 26.3 Å². The van der Waals surface area contributed by atoms with Gasteiger partial charge in [0.15, 0.2) is 6.29 Å². The van der Waals surface area contributed by atoms with Gasteiger partial charge in [-0.1, -0.05) is 0 Å². The van der Waals surface area contributed by atoms with Crippen molar-refractivity contribution >= 4 is 0 Å². The van der Waals surface area contributed by atoms with Gasteiger partial charge in [-0.25, -0.2) is 0 Å². The number of hydrogen-bond acceptors (Lipinski definition) is 3. The van der Waals surface area contributed by atoms with E-state index >= 15 is 0 Å². The van der Waals surface area contributed by atoms with Crippen LogP contribution < -0.4 is 0 Å². The average Bonchev–Trinajstić information content (AvgIpc) is 2.14. The molecule has 0 bridgehead atoms. The highest BCUT2D eigenvalue weighted by atomic mass is 19.4. The van der Waals surface area contributed by atoms with Gasteiger partial charge >= 0.3 is 12.4 Å². The van der Waals surface area contributed by atoms with E-state index in [0.717, 1.165) is 0 Å². The first-order valence-electron chi connectivity index (χ1n) is 5.11. The standard InChI is InChI=1S/C9H14F6O3/c1-3-16-6(17-4-2)5-18-7(8(10,11)12)9(13,14)15/h6-7H,3-5H2,1-2H3. The second-order valence-corrected chi connectivity index (χ2v) is 3.14. The third-order valence-electron chi connectivity index (χ3n) is 1.70. The fourth-order valence-corrected chi connectivity index (χ4v) is 1.07. The Morgan fingerprint density at radius 3 is 1.44 bits per heavy atom. The molecule has 0 saturated heterocycles. The molecule has 9 heteroatoms. The summed E-state index contributed by atoms with van der Waals surface area (Å²) in [5, 5.41) is 0. The summed E-state index contributed by atoms with van der Waals surface area (Å²) in [6.07, 6.45) is -16.1. The molecule has 0 heterocycles. The Morgan fingerprint density at radius 1 is 0.778 bits per heavy atom. The average molecular weight is 284 g/mol. The predicted octanol–water partition coefficient (Wildman–Crippen LogP) is 2.90. The Hall–Kier alpha value is -0.540. The Bertz CT molecular complexity index is 207. The van der Waals surface area contributed by atoms with Crippen LogP contribution in [0.15, 0.2) is 0 Å². The van der Waals surface area contributed by atoms with Crippen LogP contribution in [0.5, 0.6) is 0 Å². The highest BCUT2D eigenvalue weighted by molar-refractivity contribution is 4.76. The Morgan fingerprint density at radius 2 is 1.17 bits per heavy atom. The third-order valence-corrected chi connectivity index (χ3v) is 1.70. The van der Waals surface area contributed by atoms with Crippen molar-refractivity contribution in [3.8, 4) is 0 Å². The van der Waals surface area contributed by atoms with Gasteiger partial charge in [0.1, 0.15) is 0 Å². The molecule has 0 atom stereocenters. The van der Waals surface area contributed by atoms with Gasteiger partial charge in [0.2, 0.25) is 6.10 Å². The Balaban J connectivity index is 4.51. The van der Waals surface area contributed by atoms with Crippen LogP contribution in [0.25, 0.3) is 0 Å². The first kappa shape index (κ1) is 17.5. The first-order valence-corrected chi connectivity index (χ1v) is 5.11. The molecule has 0 aliphatic heterocycles. The summed E-state index contributed by atoms with van der Waals surface area (Å²) in [6.45, 7) is 2.26. The van der Waals surface area contributed by atoms with Crippen LogP contribution >= 0.6 is 0 Å². The fraction of sp³-hybridized carbons (Fsp3) is 1.00. The van der Waals surface area contributed by atoms with Gasteiger partial charge in [-0.3, -0.25) is 0 Å². The summed E-state index contributed by atoms with van der Waals surface area (Å²) in [4.78, 5) is 0. The highest BCUT2D eigenvalue weighted by Crippen LogP contribution is 2.35. The minimum Gasteiger partial charge on any atom is -0.356 e. The van der Waals surface area contributed by atoms with Crippen molar-refractivity contribution in [2.24, 2.45) is 0 Å². The molecule has 110 valence electrons. The molecule has 0 aliphatic rings. The molecule has 0 spiro atoms. The number of hydrogen-bond donors (Lipinski definition) is 0. The molecule has 3 nitrogen and oxygen atoms in total. The van der Waals surface area contributed by atoms with Gasteiger partial charge < -0.3 is 14.2 Å². The lowest BCUT2D eigenvalue weighted by atomic mass is 10.3. The molecule has 0 radical (unpaired) electrons. The van der Waals surface area contributed by atoms with Crippen molar-refractivity contribution < 1.29 is 40.6 Å². The maximum absolute atomic E-state index is 12.1. The van der Waals surface area contributed by atoms with Gasteiger partial charge in [-0.05, 0) is 13.8 Å². The third kappa shape index (κ3) is 6.41. The molecule has 0 fully saturated rings. The van der Waals surface area contributed by atoms with Crippen molar-refractivity contribution in [3.05, 3.63) is 0 Å². The van der Waals surface area contributed by atoms with Crippen LogP contribution in [0.3, 0.4) is 0 Å². The second-order valence-electron chi connectivity index (χ2n) is 3.14. The van der Waals surface area contributed by atoms with Crippen molar-refractivity contribution in [2.45, 2.75) is 38.6 Å². The van der Waals surface area contributed by atoms with Crippen LogP contribution in [0.1, 0.15) is 13.8 Å². The maximum Gasteiger partial charge on any atom is 0.423 e. The van der Waals surface area contributed by atoms with Gasteiger partial charge in [-0.15, -0.1) is 0 Å². The maximum atomic E-state index is 12.1. The summed E-state index contributed by atoms with van der Waals surface area (Å²) in [7, 11) is 0. The Kier molecular flexibility index (Phi) is 6.93. The molecular formula is C9H14F6O3. The summed E-state index contributed by atoms with van der Waals surface area (Å²) in [6, 6.07) is 0. The summed E-state index contributed by atoms with van der Waals surface area (Å²) >= 11 is 0. The predicted molar refractivity (Wildman–Crippen MR) is 48.9 cm³/mol. The smallest absolute Gasteiger partial charge is 0.356 e. The van der Waals surface area contributed by atoms with Crippen LogP contribution in [0, 0.1) is 0 Å². The molecule has 0 aromatic carbocycles. The minimum atomic E-state index is -5.53. The van der Waals surface area contributed by atoms with E-state index in [4.69, 9.17) is 9.47 Å². The zero-order valence-corrected chi connectivity index (χ0v) is 9.77. The van der Waals surface area contributed by atoms with E-state index in [1.807, 2.05) is 0 Å². The number of alkyl halides is 6. The summed E-state index contributed by atoms with van der Waals surface area (Å²) in [5.41, 5.74) is 0. The largest absolute Gasteiger partial charge is 0.423 e. The lowest BCUT2D eigenvalue weighted by Gasteiger charge is -2.25. The molecular weight excluding hydrogens is 270 g/mol. The molecule has 18 heavy (non-hydrogen) atoms. The van der Waals surface area contributed by atoms with Gasteiger partial charge in [0.05, 0.1) is 6.61 Å². The quantitative estimate of drug-likeness (QED) is 0.531. The zero-order chi connectivity index (χ0) is 14.4. The van der Waals surface area contributed by atoms with Crippen molar-refractivity contribution in [3.63, 3.8) is 0 Å². The van der Waals surface area contributed by atoms with Gasteiger partial charge in [-0.2, -0.15) is 26.3 Å². The van der Waals surface area contributed by atoms with Crippen LogP contribution in [-0.2, 0) is 14.2 Å². The van der Waals surface area contributed by atoms with E-state index in [-0.39, 0.29) is 13.2 Å². The number of ether oxygens (including phenoxy) is 3. The van der Waals surface area contributed by atoms with Crippen LogP contribution in [-0.4, -0.2) is 44.6 Å². The van der Waals surface area contributed by atoms with Gasteiger partial charge in [0.25, 0.3) is 0 Å². The van der Waals surface area contributed by atoms with E-state index in [1.54, 1.807) is 0 Å². The molecule has 0 amide bonds. The lowest BCUT2D eigenvalue weighted by molar-refractivity contribution is -0.331. The monoisotopic (exact) mass is 284 g/mol. The lowest BCUT2D eigenvalue weighted by Crippen LogP contribution is -2.46. The molecule has 0 N–H and O–H groups in total. The van der Waals surface area contributed by atoms with Crippen molar-refractivity contribution in [1.29, 1.82) is 0 Å². The molecule has 0 aromatic rings. The van der Waals surface area contributed by atoms with Gasteiger partial charge in [0, 0.05) is 13.2 Å². The van der Waals surface area contributed by atoms with Crippen molar-refractivity contribution in [2.75, 3.05) is 19.8 Å². The normalized spacial score (nSPS) is 13.7. The number of halogens is 6.